The summed E-state index contributed by atoms with van der Waals surface area (Å²) >= 11 is 0. The van der Waals surface area contributed by atoms with Gasteiger partial charge in [-0.2, -0.15) is 0 Å². The summed E-state index contributed by atoms with van der Waals surface area (Å²) in [6, 6.07) is 5.97. The Hall–Kier alpha value is -2.05. The quantitative estimate of drug-likeness (QED) is 0.792. The lowest BCUT2D eigenvalue weighted by Crippen LogP contribution is -2.39. The molecular weight excluding hydrogens is 330 g/mol. The summed E-state index contributed by atoms with van der Waals surface area (Å²) in [6.45, 7) is 6.27. The van der Waals surface area contributed by atoms with Crippen LogP contribution in [0.3, 0.4) is 0 Å². The molecule has 0 amide bonds. The fourth-order valence-electron chi connectivity index (χ4n) is 3.66. The molecule has 0 spiro atoms. The summed E-state index contributed by atoms with van der Waals surface area (Å²) in [7, 11) is 3.28. The highest BCUT2D eigenvalue weighted by molar-refractivity contribution is 5.87. The average Bonchev–Trinajstić information content (AvgIpc) is 2.67. The smallest absolute Gasteiger partial charge is 0.162 e. The topological polar surface area (TPSA) is 66.9 Å². The van der Waals surface area contributed by atoms with Gasteiger partial charge in [0.1, 0.15) is 5.82 Å². The van der Waals surface area contributed by atoms with Gasteiger partial charge >= 0.3 is 0 Å². The third-order valence-electron chi connectivity index (χ3n) is 5.12. The SMILES string of the molecule is COc1cc2nc(NCCN3CCC[C@@H](CO)C3)cc(C)c2cc1OC. The Bertz CT molecular complexity index is 751. The van der Waals surface area contributed by atoms with Crippen molar-refractivity contribution in [2.24, 2.45) is 5.92 Å². The number of aromatic nitrogens is 1. The summed E-state index contributed by atoms with van der Waals surface area (Å²) in [6.07, 6.45) is 2.30. The molecule has 1 aliphatic rings. The van der Waals surface area contributed by atoms with E-state index in [0.29, 0.717) is 24.0 Å². The van der Waals surface area contributed by atoms with Crippen LogP contribution < -0.4 is 14.8 Å². The molecular formula is C20H29N3O3. The van der Waals surface area contributed by atoms with Crippen LogP contribution >= 0.6 is 0 Å². The number of aliphatic hydroxyl groups is 1. The Labute approximate surface area is 155 Å². The number of pyridine rings is 1. The number of nitrogens with one attached hydrogen (secondary N) is 1. The second-order valence-corrected chi connectivity index (χ2v) is 6.97. The van der Waals surface area contributed by atoms with E-state index in [2.05, 4.69) is 23.2 Å². The van der Waals surface area contributed by atoms with E-state index >= 15 is 0 Å². The number of hydrogen-bond acceptors (Lipinski definition) is 6. The summed E-state index contributed by atoms with van der Waals surface area (Å²) in [5.74, 6) is 2.70. The maximum atomic E-state index is 9.35. The lowest BCUT2D eigenvalue weighted by atomic mass is 9.99. The van der Waals surface area contributed by atoms with Crippen LogP contribution in [0.25, 0.3) is 10.9 Å². The molecule has 0 unspecified atom stereocenters. The Morgan fingerprint density at radius 2 is 2.00 bits per heavy atom. The van der Waals surface area contributed by atoms with Crippen molar-refractivity contribution >= 4 is 16.7 Å². The zero-order valence-electron chi connectivity index (χ0n) is 15.9. The standard InChI is InChI=1S/C20H29N3O3/c1-14-9-20(21-6-8-23-7-4-5-15(12-23)13-24)22-17-11-19(26-3)18(25-2)10-16(14)17/h9-11,15,24H,4-8,12-13H2,1-3H3,(H,21,22)/t15-/m1/s1. The molecule has 2 aromatic rings. The van der Waals surface area contributed by atoms with Gasteiger partial charge in [0.2, 0.25) is 0 Å². The van der Waals surface area contributed by atoms with Gasteiger partial charge in [-0.1, -0.05) is 0 Å². The summed E-state index contributed by atoms with van der Waals surface area (Å²) in [5.41, 5.74) is 2.04. The number of methoxy groups -OCH3 is 2. The van der Waals surface area contributed by atoms with Gasteiger partial charge in [0.05, 0.1) is 19.7 Å². The van der Waals surface area contributed by atoms with Crippen molar-refractivity contribution in [3.8, 4) is 11.5 Å². The van der Waals surface area contributed by atoms with Gasteiger partial charge in [-0.25, -0.2) is 4.98 Å². The number of rotatable bonds is 7. The van der Waals surface area contributed by atoms with Crippen LogP contribution in [-0.4, -0.2) is 62.0 Å². The monoisotopic (exact) mass is 359 g/mol. The number of piperidine rings is 1. The first-order chi connectivity index (χ1) is 12.6. The largest absolute Gasteiger partial charge is 0.493 e. The van der Waals surface area contributed by atoms with Gasteiger partial charge < -0.3 is 24.8 Å². The van der Waals surface area contributed by atoms with Crippen molar-refractivity contribution in [2.45, 2.75) is 19.8 Å². The number of aliphatic hydroxyl groups excluding tert-OH is 1. The maximum absolute atomic E-state index is 9.35. The zero-order valence-corrected chi connectivity index (χ0v) is 15.9. The lowest BCUT2D eigenvalue weighted by molar-refractivity contribution is 0.123. The van der Waals surface area contributed by atoms with E-state index in [1.54, 1.807) is 14.2 Å². The van der Waals surface area contributed by atoms with Crippen LogP contribution in [0.4, 0.5) is 5.82 Å². The molecule has 6 heteroatoms. The normalized spacial score (nSPS) is 18.1. The van der Waals surface area contributed by atoms with Crippen LogP contribution in [0.1, 0.15) is 18.4 Å². The van der Waals surface area contributed by atoms with Crippen LogP contribution in [0.2, 0.25) is 0 Å². The van der Waals surface area contributed by atoms with Crippen molar-refractivity contribution < 1.29 is 14.6 Å². The second kappa shape index (κ2) is 8.56. The van der Waals surface area contributed by atoms with Gasteiger partial charge in [-0.3, -0.25) is 0 Å². The number of nitrogens with zero attached hydrogens (tertiary/aromatic N) is 2. The van der Waals surface area contributed by atoms with Crippen LogP contribution in [-0.2, 0) is 0 Å². The van der Waals surface area contributed by atoms with Gasteiger partial charge in [0.15, 0.2) is 11.5 Å². The lowest BCUT2D eigenvalue weighted by Gasteiger charge is -2.31. The number of fused-ring (bicyclic) bond motifs is 1. The predicted octanol–water partition coefficient (Wildman–Crippen LogP) is 2.68. The molecule has 2 N–H and O–H groups in total. The molecule has 1 atom stereocenters. The molecule has 1 aromatic heterocycles. The van der Waals surface area contributed by atoms with Gasteiger partial charge in [0.25, 0.3) is 0 Å². The van der Waals surface area contributed by atoms with E-state index in [0.717, 1.165) is 54.9 Å². The minimum atomic E-state index is 0.292. The Kier molecular flexibility index (Phi) is 6.16. The Balaban J connectivity index is 1.68. The molecule has 0 radical (unpaired) electrons. The molecule has 142 valence electrons. The molecule has 1 aromatic carbocycles. The third kappa shape index (κ3) is 4.19. The number of ether oxygens (including phenoxy) is 2. The number of anilines is 1. The van der Waals surface area contributed by atoms with Crippen molar-refractivity contribution in [3.05, 3.63) is 23.8 Å². The van der Waals surface area contributed by atoms with Crippen molar-refractivity contribution in [3.63, 3.8) is 0 Å². The molecule has 3 rings (SSSR count). The van der Waals surface area contributed by atoms with E-state index < -0.39 is 0 Å². The van der Waals surface area contributed by atoms with Crippen molar-refractivity contribution in [1.29, 1.82) is 0 Å². The van der Waals surface area contributed by atoms with E-state index in [-0.39, 0.29) is 0 Å². The molecule has 6 nitrogen and oxygen atoms in total. The Morgan fingerprint density at radius 1 is 1.23 bits per heavy atom. The third-order valence-corrected chi connectivity index (χ3v) is 5.12. The summed E-state index contributed by atoms with van der Waals surface area (Å²) in [5, 5.41) is 13.9. The minimum Gasteiger partial charge on any atom is -0.493 e. The predicted molar refractivity (Wildman–Crippen MR) is 104 cm³/mol. The second-order valence-electron chi connectivity index (χ2n) is 6.97. The van der Waals surface area contributed by atoms with E-state index in [1.165, 1.54) is 6.42 Å². The van der Waals surface area contributed by atoms with Crippen molar-refractivity contribution in [2.75, 3.05) is 52.3 Å². The first-order valence-corrected chi connectivity index (χ1v) is 9.25. The zero-order chi connectivity index (χ0) is 18.5. The summed E-state index contributed by atoms with van der Waals surface area (Å²) in [4.78, 5) is 7.14. The molecule has 0 saturated carbocycles. The van der Waals surface area contributed by atoms with Gasteiger partial charge in [-0.05, 0) is 49.9 Å². The maximum Gasteiger partial charge on any atom is 0.162 e. The molecule has 1 fully saturated rings. The molecule has 0 aliphatic carbocycles. The number of benzene rings is 1. The fourth-order valence-corrected chi connectivity index (χ4v) is 3.66. The highest BCUT2D eigenvalue weighted by atomic mass is 16.5. The first-order valence-electron chi connectivity index (χ1n) is 9.25. The number of hydrogen-bond donors (Lipinski definition) is 2. The van der Waals surface area contributed by atoms with Crippen LogP contribution in [0.15, 0.2) is 18.2 Å². The van der Waals surface area contributed by atoms with Crippen molar-refractivity contribution in [1.82, 2.24) is 9.88 Å². The molecule has 0 bridgehead atoms. The highest BCUT2D eigenvalue weighted by Gasteiger charge is 2.18. The number of aryl methyl sites for hydroxylation is 1. The number of likely N-dealkylation sites (tertiary alicyclic amines) is 1. The molecule has 1 aliphatic heterocycles. The first kappa shape index (κ1) is 18.7. The summed E-state index contributed by atoms with van der Waals surface area (Å²) < 4.78 is 10.8. The molecule has 1 saturated heterocycles. The van der Waals surface area contributed by atoms with E-state index in [9.17, 15) is 5.11 Å². The van der Waals surface area contributed by atoms with Gasteiger partial charge in [0, 0.05) is 37.7 Å². The highest BCUT2D eigenvalue weighted by Crippen LogP contribution is 2.33. The minimum absolute atomic E-state index is 0.292. The van der Waals surface area contributed by atoms with E-state index in [4.69, 9.17) is 14.5 Å². The molecule has 2 heterocycles. The average molecular weight is 359 g/mol. The van der Waals surface area contributed by atoms with E-state index in [1.807, 2.05) is 12.1 Å². The van der Waals surface area contributed by atoms with Crippen LogP contribution in [0.5, 0.6) is 11.5 Å². The molecule has 26 heavy (non-hydrogen) atoms. The fraction of sp³-hybridized carbons (Fsp3) is 0.550. The van der Waals surface area contributed by atoms with Crippen LogP contribution in [0, 0.1) is 12.8 Å². The van der Waals surface area contributed by atoms with Gasteiger partial charge in [-0.15, -0.1) is 0 Å². The Morgan fingerprint density at radius 3 is 2.73 bits per heavy atom.